The molecule has 0 saturated carbocycles. The number of hydrogen-bond acceptors (Lipinski definition) is 5. The minimum Gasteiger partial charge on any atom is -0.375 e. The topological polar surface area (TPSA) is 78.0 Å². The Morgan fingerprint density at radius 3 is 2.55 bits per heavy atom. The van der Waals surface area contributed by atoms with Crippen LogP contribution in [0.1, 0.15) is 32.6 Å². The van der Waals surface area contributed by atoms with Gasteiger partial charge in [-0.1, -0.05) is 31.5 Å². The lowest BCUT2D eigenvalue weighted by Gasteiger charge is -2.27. The highest BCUT2D eigenvalue weighted by atomic mass is 32.2. The Morgan fingerprint density at radius 1 is 1.24 bits per heavy atom. The van der Waals surface area contributed by atoms with Gasteiger partial charge in [-0.3, -0.25) is 9.59 Å². The van der Waals surface area contributed by atoms with E-state index in [4.69, 9.17) is 0 Å². The van der Waals surface area contributed by atoms with E-state index in [2.05, 4.69) is 4.90 Å². The van der Waals surface area contributed by atoms with Crippen molar-refractivity contribution < 1.29 is 18.0 Å². The van der Waals surface area contributed by atoms with E-state index in [1.165, 1.54) is 0 Å². The van der Waals surface area contributed by atoms with Gasteiger partial charge < -0.3 is 9.80 Å². The molecule has 0 aliphatic carbocycles. The number of para-hydroxylation sites is 1. The lowest BCUT2D eigenvalue weighted by molar-refractivity contribution is -0.133. The van der Waals surface area contributed by atoms with Crippen molar-refractivity contribution in [1.82, 2.24) is 9.21 Å². The zero-order chi connectivity index (χ0) is 21.2. The van der Waals surface area contributed by atoms with Gasteiger partial charge in [0.15, 0.2) is 0 Å². The van der Waals surface area contributed by atoms with Crippen LogP contribution >= 0.6 is 0 Å². The molecule has 1 aromatic carbocycles. The van der Waals surface area contributed by atoms with E-state index in [0.717, 1.165) is 29.2 Å². The predicted octanol–water partition coefficient (Wildman–Crippen LogP) is 2.22. The summed E-state index contributed by atoms with van der Waals surface area (Å²) in [5, 5.41) is 0. The van der Waals surface area contributed by atoms with Crippen molar-refractivity contribution in [2.75, 3.05) is 31.3 Å². The molecule has 0 radical (unpaired) electrons. The maximum atomic E-state index is 12.9. The molecule has 1 aromatic rings. The minimum atomic E-state index is -3.69. The Bertz CT molecular complexity index is 898. The number of rotatable bonds is 8. The second kappa shape index (κ2) is 8.57. The van der Waals surface area contributed by atoms with Crippen LogP contribution in [-0.2, 0) is 19.6 Å². The Morgan fingerprint density at radius 2 is 1.93 bits per heavy atom. The highest BCUT2D eigenvalue weighted by Gasteiger charge is 2.53. The molecular weight excluding hydrogens is 390 g/mol. The summed E-state index contributed by atoms with van der Waals surface area (Å²) in [5.41, 5.74) is 1.55. The second-order valence-electron chi connectivity index (χ2n) is 7.74. The largest absolute Gasteiger partial charge is 0.375 e. The van der Waals surface area contributed by atoms with E-state index in [1.54, 1.807) is 11.0 Å². The number of anilines is 1. The Hall–Kier alpha value is -2.35. The van der Waals surface area contributed by atoms with Gasteiger partial charge in [0.1, 0.15) is 0 Å². The van der Waals surface area contributed by atoms with Crippen molar-refractivity contribution >= 4 is 27.5 Å². The highest BCUT2D eigenvalue weighted by molar-refractivity contribution is 7.89. The van der Waals surface area contributed by atoms with Crippen LogP contribution in [0.25, 0.3) is 0 Å². The molecule has 2 atom stereocenters. The molecular formula is C21H29N3O4S. The van der Waals surface area contributed by atoms with E-state index >= 15 is 0 Å². The molecule has 8 heteroatoms. The monoisotopic (exact) mass is 419 g/mol. The van der Waals surface area contributed by atoms with E-state index in [-0.39, 0.29) is 5.91 Å². The molecule has 2 amide bonds. The number of carbonyl (C=O) groups is 2. The van der Waals surface area contributed by atoms with Gasteiger partial charge in [0, 0.05) is 32.2 Å². The maximum Gasteiger partial charge on any atom is 0.246 e. The highest BCUT2D eigenvalue weighted by Crippen LogP contribution is 2.40. The van der Waals surface area contributed by atoms with Crippen LogP contribution in [0.4, 0.5) is 5.69 Å². The number of benzene rings is 1. The van der Waals surface area contributed by atoms with Gasteiger partial charge in [0.2, 0.25) is 21.8 Å². The summed E-state index contributed by atoms with van der Waals surface area (Å²) in [4.78, 5) is 29.4. The molecule has 0 spiro atoms. The molecule has 0 N–H and O–H groups in total. The fourth-order valence-corrected chi connectivity index (χ4v) is 5.28. The number of nitrogens with zero attached hydrogens (tertiary/aromatic N) is 3. The molecule has 0 aromatic heterocycles. The number of sulfonamides is 1. The zero-order valence-electron chi connectivity index (χ0n) is 17.2. The lowest BCUT2D eigenvalue weighted by atomic mass is 9.96. The first-order valence-corrected chi connectivity index (χ1v) is 11.9. The van der Waals surface area contributed by atoms with E-state index in [0.29, 0.717) is 31.5 Å². The van der Waals surface area contributed by atoms with Crippen molar-refractivity contribution in [3.63, 3.8) is 0 Å². The van der Waals surface area contributed by atoms with E-state index in [9.17, 15) is 18.0 Å². The van der Waals surface area contributed by atoms with E-state index in [1.807, 2.05) is 44.3 Å². The summed E-state index contributed by atoms with van der Waals surface area (Å²) in [6.07, 6.45) is 5.12. The van der Waals surface area contributed by atoms with Gasteiger partial charge in [0.05, 0.1) is 23.9 Å². The van der Waals surface area contributed by atoms with Crippen LogP contribution in [0.3, 0.4) is 0 Å². The molecule has 1 saturated heterocycles. The van der Waals surface area contributed by atoms with Gasteiger partial charge in [-0.05, 0) is 31.1 Å². The summed E-state index contributed by atoms with van der Waals surface area (Å²) in [5.74, 6) is -0.932. The molecule has 7 nitrogen and oxygen atoms in total. The SMILES string of the molecule is CCC[C@H]1C(=O)N(S(C)(=O)=O)C2=CCN(C(=O)CCCN(C)c3ccccc3)[C@@H]21. The van der Waals surface area contributed by atoms with Crippen molar-refractivity contribution in [1.29, 1.82) is 0 Å². The smallest absolute Gasteiger partial charge is 0.246 e. The summed E-state index contributed by atoms with van der Waals surface area (Å²) in [6, 6.07) is 9.51. The lowest BCUT2D eigenvalue weighted by Crippen LogP contribution is -2.41. The molecule has 3 rings (SSSR count). The standard InChI is InChI=1S/C21H29N3O4S/c1-4-9-17-20-18(24(21(17)26)29(3,27)28)13-15-23(20)19(25)12-8-14-22(2)16-10-6-5-7-11-16/h5-7,10-11,13,17,20H,4,8-9,12,14-15H2,1-3H3/t17-,20-/m1/s1. The summed E-state index contributed by atoms with van der Waals surface area (Å²) >= 11 is 0. The first-order chi connectivity index (χ1) is 13.8. The van der Waals surface area contributed by atoms with Gasteiger partial charge >= 0.3 is 0 Å². The van der Waals surface area contributed by atoms with Crippen molar-refractivity contribution in [2.24, 2.45) is 5.92 Å². The predicted molar refractivity (Wildman–Crippen MR) is 113 cm³/mol. The Balaban J connectivity index is 1.65. The molecule has 0 bridgehead atoms. The minimum absolute atomic E-state index is 0.0352. The van der Waals surface area contributed by atoms with Crippen LogP contribution in [-0.4, -0.2) is 61.9 Å². The Kier molecular flexibility index (Phi) is 6.31. The van der Waals surface area contributed by atoms with E-state index < -0.39 is 27.9 Å². The van der Waals surface area contributed by atoms with Gasteiger partial charge in [-0.2, -0.15) is 0 Å². The van der Waals surface area contributed by atoms with Crippen LogP contribution in [0.2, 0.25) is 0 Å². The third-order valence-electron chi connectivity index (χ3n) is 5.60. The van der Waals surface area contributed by atoms with Crippen LogP contribution in [0.5, 0.6) is 0 Å². The number of amides is 2. The van der Waals surface area contributed by atoms with Gasteiger partial charge in [-0.25, -0.2) is 12.7 Å². The molecule has 2 aliphatic heterocycles. The molecule has 29 heavy (non-hydrogen) atoms. The second-order valence-corrected chi connectivity index (χ2v) is 9.57. The molecule has 2 aliphatic rings. The fraction of sp³-hybridized carbons (Fsp3) is 0.524. The normalized spacial score (nSPS) is 21.3. The summed E-state index contributed by atoms with van der Waals surface area (Å²) in [7, 11) is -1.70. The third-order valence-corrected chi connectivity index (χ3v) is 6.66. The first kappa shape index (κ1) is 21.4. The molecule has 1 fully saturated rings. The van der Waals surface area contributed by atoms with Crippen LogP contribution in [0, 0.1) is 5.92 Å². The zero-order valence-corrected chi connectivity index (χ0v) is 18.1. The van der Waals surface area contributed by atoms with Crippen LogP contribution in [0.15, 0.2) is 42.1 Å². The average Bonchev–Trinajstić information content (AvgIpc) is 3.20. The molecule has 0 unspecified atom stereocenters. The van der Waals surface area contributed by atoms with Gasteiger partial charge in [0.25, 0.3) is 0 Å². The number of hydrogen-bond donors (Lipinski definition) is 0. The average molecular weight is 420 g/mol. The summed E-state index contributed by atoms with van der Waals surface area (Å²) in [6.45, 7) is 3.05. The van der Waals surface area contributed by atoms with Gasteiger partial charge in [-0.15, -0.1) is 0 Å². The number of carbonyl (C=O) groups excluding carboxylic acids is 2. The molecule has 2 heterocycles. The van der Waals surface area contributed by atoms with Crippen molar-refractivity contribution in [3.8, 4) is 0 Å². The summed E-state index contributed by atoms with van der Waals surface area (Å²) < 4.78 is 25.2. The fourth-order valence-electron chi connectivity index (χ4n) is 4.25. The third kappa shape index (κ3) is 4.32. The first-order valence-electron chi connectivity index (χ1n) is 10.1. The van der Waals surface area contributed by atoms with Crippen LogP contribution < -0.4 is 4.90 Å². The van der Waals surface area contributed by atoms with Crippen molar-refractivity contribution in [3.05, 3.63) is 42.1 Å². The number of fused-ring (bicyclic) bond motifs is 1. The maximum absolute atomic E-state index is 12.9. The molecule has 158 valence electrons. The quantitative estimate of drug-likeness (QED) is 0.646. The van der Waals surface area contributed by atoms with Crippen molar-refractivity contribution in [2.45, 2.75) is 38.6 Å². The Labute approximate surface area is 173 Å².